The zero-order valence-electron chi connectivity index (χ0n) is 6.55. The minimum atomic E-state index is -0.707. The summed E-state index contributed by atoms with van der Waals surface area (Å²) in [4.78, 5) is 10.6. The average molecular weight is 166 g/mol. The van der Waals surface area contributed by atoms with Crippen molar-refractivity contribution in [3.63, 3.8) is 0 Å². The topological polar surface area (TPSA) is 55.1 Å². The largest absolute Gasteiger partial charge is 0.481 e. The summed E-state index contributed by atoms with van der Waals surface area (Å²) in [5, 5.41) is 12.8. The van der Waals surface area contributed by atoms with E-state index in [0.717, 1.165) is 12.8 Å². The first-order chi connectivity index (χ1) is 5.79. The minimum absolute atomic E-state index is 0.0810. The Labute approximate surface area is 69.8 Å². The molecule has 0 amide bonds. The molecule has 1 heterocycles. The molecule has 1 saturated carbocycles. The molecule has 1 N–H and O–H groups in total. The lowest BCUT2D eigenvalue weighted by molar-refractivity contribution is -0.147. The summed E-state index contributed by atoms with van der Waals surface area (Å²) in [6.45, 7) is 0. The predicted molar refractivity (Wildman–Crippen MR) is 41.6 cm³/mol. The molecule has 0 aliphatic heterocycles. The molecule has 0 saturated heterocycles. The molecule has 12 heavy (non-hydrogen) atoms. The quantitative estimate of drug-likeness (QED) is 0.710. The van der Waals surface area contributed by atoms with Gasteiger partial charge in [-0.15, -0.1) is 0 Å². The highest BCUT2D eigenvalue weighted by molar-refractivity contribution is 5.71. The van der Waals surface area contributed by atoms with Gasteiger partial charge in [0.05, 0.1) is 12.0 Å². The molecule has 0 spiro atoms. The van der Waals surface area contributed by atoms with Crippen molar-refractivity contribution in [3.8, 4) is 0 Å². The molecule has 2 atom stereocenters. The van der Waals surface area contributed by atoms with Gasteiger partial charge in [-0.3, -0.25) is 9.48 Å². The molecule has 0 bridgehead atoms. The third-order valence-corrected chi connectivity index (χ3v) is 2.42. The molecular formula is C8H10N2O2. The monoisotopic (exact) mass is 166 g/mol. The Balaban J connectivity index is 2.12. The van der Waals surface area contributed by atoms with Crippen molar-refractivity contribution in [3.05, 3.63) is 18.5 Å². The number of carbonyl (C=O) groups is 1. The third-order valence-electron chi connectivity index (χ3n) is 2.42. The van der Waals surface area contributed by atoms with Crippen LogP contribution in [0, 0.1) is 5.92 Å². The van der Waals surface area contributed by atoms with E-state index >= 15 is 0 Å². The Morgan fingerprint density at radius 2 is 2.42 bits per heavy atom. The van der Waals surface area contributed by atoms with Crippen molar-refractivity contribution in [2.75, 3.05) is 0 Å². The van der Waals surface area contributed by atoms with Crippen LogP contribution in [-0.2, 0) is 4.79 Å². The van der Waals surface area contributed by atoms with Crippen molar-refractivity contribution in [1.29, 1.82) is 0 Å². The Morgan fingerprint density at radius 1 is 1.58 bits per heavy atom. The number of rotatable bonds is 2. The molecule has 1 aliphatic carbocycles. The van der Waals surface area contributed by atoms with E-state index in [1.165, 1.54) is 0 Å². The normalized spacial score (nSPS) is 28.0. The molecule has 2 rings (SSSR count). The van der Waals surface area contributed by atoms with E-state index in [-0.39, 0.29) is 12.0 Å². The third kappa shape index (κ3) is 0.995. The highest BCUT2D eigenvalue weighted by atomic mass is 16.4. The molecule has 4 heteroatoms. The summed E-state index contributed by atoms with van der Waals surface area (Å²) in [6, 6.07) is 1.90. The Kier molecular flexibility index (Phi) is 1.60. The highest BCUT2D eigenvalue weighted by Gasteiger charge is 2.37. The van der Waals surface area contributed by atoms with Gasteiger partial charge in [-0.25, -0.2) is 0 Å². The summed E-state index contributed by atoms with van der Waals surface area (Å²) in [6.07, 6.45) is 5.20. The van der Waals surface area contributed by atoms with Crippen molar-refractivity contribution >= 4 is 5.97 Å². The number of carboxylic acid groups (broad SMARTS) is 1. The van der Waals surface area contributed by atoms with Gasteiger partial charge in [0.15, 0.2) is 0 Å². The van der Waals surface area contributed by atoms with Gasteiger partial charge in [-0.1, -0.05) is 0 Å². The number of hydrogen-bond acceptors (Lipinski definition) is 2. The molecule has 4 nitrogen and oxygen atoms in total. The summed E-state index contributed by atoms with van der Waals surface area (Å²) in [7, 11) is 0. The first kappa shape index (κ1) is 7.34. The van der Waals surface area contributed by atoms with E-state index in [9.17, 15) is 4.79 Å². The zero-order valence-corrected chi connectivity index (χ0v) is 6.55. The SMILES string of the molecule is O=C(O)[C@H]1CC[C@@H]1n1cccn1. The standard InChI is InChI=1S/C8H10N2O2/c11-8(12)6-2-3-7(6)10-5-1-4-9-10/h1,4-7H,2-3H2,(H,11,12)/t6-,7-/m0/s1. The Morgan fingerprint density at radius 3 is 2.83 bits per heavy atom. The average Bonchev–Trinajstić information content (AvgIpc) is 2.35. The fourth-order valence-corrected chi connectivity index (χ4v) is 1.56. The van der Waals surface area contributed by atoms with Crippen LogP contribution >= 0.6 is 0 Å². The molecule has 1 aromatic heterocycles. The van der Waals surface area contributed by atoms with Crippen LogP contribution in [0.15, 0.2) is 18.5 Å². The van der Waals surface area contributed by atoms with E-state index in [1.54, 1.807) is 10.9 Å². The molecular weight excluding hydrogens is 156 g/mol. The lowest BCUT2D eigenvalue weighted by Gasteiger charge is -2.33. The lowest BCUT2D eigenvalue weighted by atomic mass is 9.80. The lowest BCUT2D eigenvalue weighted by Crippen LogP contribution is -2.35. The fourth-order valence-electron chi connectivity index (χ4n) is 1.56. The van der Waals surface area contributed by atoms with Gasteiger partial charge in [-0.05, 0) is 18.9 Å². The molecule has 1 fully saturated rings. The minimum Gasteiger partial charge on any atom is -0.481 e. The van der Waals surface area contributed by atoms with Crippen LogP contribution in [0.3, 0.4) is 0 Å². The number of nitrogens with zero attached hydrogens (tertiary/aromatic N) is 2. The summed E-state index contributed by atoms with van der Waals surface area (Å²) < 4.78 is 1.74. The van der Waals surface area contributed by atoms with Gasteiger partial charge in [0.1, 0.15) is 0 Å². The zero-order chi connectivity index (χ0) is 8.55. The number of carboxylic acids is 1. The van der Waals surface area contributed by atoms with E-state index in [2.05, 4.69) is 5.10 Å². The number of aromatic nitrogens is 2. The van der Waals surface area contributed by atoms with Crippen molar-refractivity contribution < 1.29 is 9.90 Å². The highest BCUT2D eigenvalue weighted by Crippen LogP contribution is 2.37. The van der Waals surface area contributed by atoms with Gasteiger partial charge < -0.3 is 5.11 Å². The van der Waals surface area contributed by atoms with Crippen molar-refractivity contribution in [2.24, 2.45) is 5.92 Å². The second-order valence-corrected chi connectivity index (χ2v) is 3.08. The maximum absolute atomic E-state index is 10.6. The van der Waals surface area contributed by atoms with Crippen LogP contribution in [0.1, 0.15) is 18.9 Å². The van der Waals surface area contributed by atoms with Crippen LogP contribution in [0.5, 0.6) is 0 Å². The van der Waals surface area contributed by atoms with E-state index in [1.807, 2.05) is 12.3 Å². The van der Waals surface area contributed by atoms with E-state index in [0.29, 0.717) is 0 Å². The van der Waals surface area contributed by atoms with Crippen molar-refractivity contribution in [1.82, 2.24) is 9.78 Å². The van der Waals surface area contributed by atoms with Gasteiger partial charge in [0.25, 0.3) is 0 Å². The second-order valence-electron chi connectivity index (χ2n) is 3.08. The van der Waals surface area contributed by atoms with E-state index < -0.39 is 5.97 Å². The van der Waals surface area contributed by atoms with Gasteiger partial charge in [-0.2, -0.15) is 5.10 Å². The Hall–Kier alpha value is -1.32. The van der Waals surface area contributed by atoms with E-state index in [4.69, 9.17) is 5.11 Å². The van der Waals surface area contributed by atoms with Gasteiger partial charge in [0, 0.05) is 12.4 Å². The maximum Gasteiger partial charge on any atom is 0.308 e. The van der Waals surface area contributed by atoms with Crippen LogP contribution in [0.2, 0.25) is 0 Å². The first-order valence-electron chi connectivity index (χ1n) is 4.01. The summed E-state index contributed by atoms with van der Waals surface area (Å²) >= 11 is 0. The Bertz CT molecular complexity index is 281. The maximum atomic E-state index is 10.6. The summed E-state index contributed by atoms with van der Waals surface area (Å²) in [5.74, 6) is -0.938. The summed E-state index contributed by atoms with van der Waals surface area (Å²) in [5.41, 5.74) is 0. The molecule has 1 aromatic rings. The smallest absolute Gasteiger partial charge is 0.308 e. The van der Waals surface area contributed by atoms with Gasteiger partial charge >= 0.3 is 5.97 Å². The van der Waals surface area contributed by atoms with Gasteiger partial charge in [0.2, 0.25) is 0 Å². The molecule has 1 aliphatic rings. The first-order valence-corrected chi connectivity index (χ1v) is 4.01. The van der Waals surface area contributed by atoms with Crippen LogP contribution < -0.4 is 0 Å². The fraction of sp³-hybridized carbons (Fsp3) is 0.500. The molecule has 0 radical (unpaired) electrons. The molecule has 0 unspecified atom stereocenters. The molecule has 0 aromatic carbocycles. The molecule has 64 valence electrons. The van der Waals surface area contributed by atoms with Crippen LogP contribution in [0.4, 0.5) is 0 Å². The second kappa shape index (κ2) is 2.62. The van der Waals surface area contributed by atoms with Crippen molar-refractivity contribution in [2.45, 2.75) is 18.9 Å². The van der Waals surface area contributed by atoms with Crippen LogP contribution in [0.25, 0.3) is 0 Å². The number of hydrogen-bond donors (Lipinski definition) is 1. The predicted octanol–water partition coefficient (Wildman–Crippen LogP) is 0.919. The van der Waals surface area contributed by atoms with Crippen LogP contribution in [-0.4, -0.2) is 20.9 Å². The number of aliphatic carboxylic acids is 1.